The fourth-order valence-electron chi connectivity index (χ4n) is 3.95. The topological polar surface area (TPSA) is 90.2 Å². The van der Waals surface area contributed by atoms with Crippen molar-refractivity contribution in [2.45, 2.75) is 38.8 Å². The van der Waals surface area contributed by atoms with Crippen molar-refractivity contribution in [2.24, 2.45) is 0 Å². The summed E-state index contributed by atoms with van der Waals surface area (Å²) in [7, 11) is 0. The molecule has 1 atom stereocenters. The van der Waals surface area contributed by atoms with Crippen molar-refractivity contribution in [3.8, 4) is 11.3 Å². The minimum Gasteiger partial charge on any atom is -0.443 e. The molecule has 0 N–H and O–H groups in total. The standard InChI is InChI=1S/C23H22ClN5O3/c1-2-28-14-16(12-26-28)19-11-21(32-27-19)23(30)29-9-3-4-20(29)22-25-13-18(31-22)10-15-5-7-17(24)8-6-15/h5-8,11-14,20H,2-4,9-10H2,1H3. The first-order chi connectivity index (χ1) is 15.6. The predicted octanol–water partition coefficient (Wildman–Crippen LogP) is 4.77. The second kappa shape index (κ2) is 8.63. The number of benzene rings is 1. The molecule has 3 aromatic heterocycles. The van der Waals surface area contributed by atoms with Crippen LogP contribution in [0.1, 0.15) is 53.6 Å². The highest BCUT2D eigenvalue weighted by Gasteiger charge is 2.35. The highest BCUT2D eigenvalue weighted by Crippen LogP contribution is 2.33. The Hall–Kier alpha value is -3.39. The van der Waals surface area contributed by atoms with E-state index in [1.54, 1.807) is 28.0 Å². The number of carbonyl (C=O) groups is 1. The van der Waals surface area contributed by atoms with Gasteiger partial charge in [-0.05, 0) is 37.5 Å². The van der Waals surface area contributed by atoms with E-state index < -0.39 is 0 Å². The van der Waals surface area contributed by atoms with E-state index in [1.165, 1.54) is 0 Å². The average Bonchev–Trinajstić information content (AvgIpc) is 3.60. The molecule has 1 aliphatic heterocycles. The van der Waals surface area contributed by atoms with Crippen LogP contribution in [0.4, 0.5) is 0 Å². The Kier molecular flexibility index (Phi) is 5.53. The van der Waals surface area contributed by atoms with Crippen molar-refractivity contribution < 1.29 is 13.7 Å². The van der Waals surface area contributed by atoms with Gasteiger partial charge >= 0.3 is 0 Å². The van der Waals surface area contributed by atoms with Gasteiger partial charge in [-0.25, -0.2) is 4.98 Å². The largest absolute Gasteiger partial charge is 0.443 e. The van der Waals surface area contributed by atoms with Crippen molar-refractivity contribution in [1.29, 1.82) is 0 Å². The first-order valence-corrected chi connectivity index (χ1v) is 11.0. The van der Waals surface area contributed by atoms with Crippen LogP contribution in [-0.2, 0) is 13.0 Å². The molecule has 1 fully saturated rings. The van der Waals surface area contributed by atoms with E-state index in [4.69, 9.17) is 20.5 Å². The Morgan fingerprint density at radius 2 is 2.09 bits per heavy atom. The molecule has 1 saturated heterocycles. The number of aryl methyl sites for hydroxylation is 1. The Labute approximate surface area is 189 Å². The third-order valence-corrected chi connectivity index (χ3v) is 5.89. The van der Waals surface area contributed by atoms with Crippen LogP contribution in [0, 0.1) is 0 Å². The highest BCUT2D eigenvalue weighted by atomic mass is 35.5. The molecule has 164 valence electrons. The average molecular weight is 452 g/mol. The third kappa shape index (κ3) is 4.05. The number of amides is 1. The number of likely N-dealkylation sites (tertiary alicyclic amines) is 1. The van der Waals surface area contributed by atoms with E-state index in [0.717, 1.165) is 36.3 Å². The molecule has 9 heteroatoms. The molecule has 1 unspecified atom stereocenters. The highest BCUT2D eigenvalue weighted by molar-refractivity contribution is 6.30. The molecule has 0 saturated carbocycles. The van der Waals surface area contributed by atoms with Crippen LogP contribution in [0.25, 0.3) is 11.3 Å². The maximum Gasteiger partial charge on any atom is 0.293 e. The normalized spacial score (nSPS) is 16.1. The maximum atomic E-state index is 13.2. The molecule has 8 nitrogen and oxygen atoms in total. The van der Waals surface area contributed by atoms with Crippen LogP contribution < -0.4 is 0 Å². The predicted molar refractivity (Wildman–Crippen MR) is 117 cm³/mol. The number of halogens is 1. The van der Waals surface area contributed by atoms with Crippen molar-refractivity contribution in [3.63, 3.8) is 0 Å². The summed E-state index contributed by atoms with van der Waals surface area (Å²) in [4.78, 5) is 19.4. The quantitative estimate of drug-likeness (QED) is 0.419. The van der Waals surface area contributed by atoms with E-state index >= 15 is 0 Å². The fraction of sp³-hybridized carbons (Fsp3) is 0.304. The van der Waals surface area contributed by atoms with E-state index in [9.17, 15) is 4.79 Å². The minimum absolute atomic E-state index is 0.198. The second-order valence-corrected chi connectivity index (χ2v) is 8.22. The van der Waals surface area contributed by atoms with Gasteiger partial charge < -0.3 is 13.8 Å². The van der Waals surface area contributed by atoms with E-state index in [0.29, 0.717) is 29.6 Å². The van der Waals surface area contributed by atoms with Crippen LogP contribution >= 0.6 is 11.6 Å². The molecule has 1 amide bonds. The van der Waals surface area contributed by atoms with Crippen molar-refractivity contribution in [3.05, 3.63) is 76.9 Å². The summed E-state index contributed by atoms with van der Waals surface area (Å²) in [6, 6.07) is 9.06. The second-order valence-electron chi connectivity index (χ2n) is 7.79. The van der Waals surface area contributed by atoms with Gasteiger partial charge in [-0.15, -0.1) is 0 Å². The Balaban J connectivity index is 1.31. The van der Waals surface area contributed by atoms with Gasteiger partial charge in [0.15, 0.2) is 0 Å². The van der Waals surface area contributed by atoms with Gasteiger partial charge in [-0.2, -0.15) is 5.10 Å². The van der Waals surface area contributed by atoms with Gasteiger partial charge in [0.1, 0.15) is 17.5 Å². The molecule has 1 aromatic carbocycles. The number of oxazole rings is 1. The lowest BCUT2D eigenvalue weighted by Gasteiger charge is -2.20. The molecule has 0 spiro atoms. The molecule has 0 bridgehead atoms. The maximum absolute atomic E-state index is 13.2. The van der Waals surface area contributed by atoms with Crippen molar-refractivity contribution >= 4 is 17.5 Å². The molecule has 1 aliphatic rings. The molecule has 32 heavy (non-hydrogen) atoms. The number of hydrogen-bond donors (Lipinski definition) is 0. The zero-order valence-electron chi connectivity index (χ0n) is 17.6. The first-order valence-electron chi connectivity index (χ1n) is 10.6. The summed E-state index contributed by atoms with van der Waals surface area (Å²) in [5, 5.41) is 9.00. The van der Waals surface area contributed by atoms with Crippen molar-refractivity contribution in [2.75, 3.05) is 6.54 Å². The molecule has 4 heterocycles. The Morgan fingerprint density at radius 1 is 1.25 bits per heavy atom. The van der Waals surface area contributed by atoms with Gasteiger partial charge in [0.25, 0.3) is 5.91 Å². The lowest BCUT2D eigenvalue weighted by molar-refractivity contribution is 0.0672. The van der Waals surface area contributed by atoms with Gasteiger partial charge in [0.2, 0.25) is 11.7 Å². The SMILES string of the molecule is CCn1cc(-c2cc(C(=O)N3CCCC3c3ncc(Cc4ccc(Cl)cc4)o3)on2)cn1. The lowest BCUT2D eigenvalue weighted by Crippen LogP contribution is -2.30. The number of rotatable bonds is 6. The van der Waals surface area contributed by atoms with Crippen LogP contribution in [-0.4, -0.2) is 37.3 Å². The van der Waals surface area contributed by atoms with Gasteiger partial charge in [0, 0.05) is 42.4 Å². The summed E-state index contributed by atoms with van der Waals surface area (Å²) in [5.41, 5.74) is 2.48. The van der Waals surface area contributed by atoms with Crippen LogP contribution in [0.5, 0.6) is 0 Å². The number of nitrogens with zero attached hydrogens (tertiary/aromatic N) is 5. The lowest BCUT2D eigenvalue weighted by atomic mass is 10.1. The summed E-state index contributed by atoms with van der Waals surface area (Å²) >= 11 is 5.96. The van der Waals surface area contributed by atoms with E-state index in [-0.39, 0.29) is 17.7 Å². The van der Waals surface area contributed by atoms with Crippen LogP contribution in [0.3, 0.4) is 0 Å². The molecule has 0 radical (unpaired) electrons. The first kappa shape index (κ1) is 20.5. The Morgan fingerprint density at radius 3 is 2.88 bits per heavy atom. The third-order valence-electron chi connectivity index (χ3n) is 5.64. The number of aromatic nitrogens is 4. The van der Waals surface area contributed by atoms with E-state index in [1.807, 2.05) is 37.4 Å². The molecule has 4 aromatic rings. The number of hydrogen-bond acceptors (Lipinski definition) is 6. The van der Waals surface area contributed by atoms with Crippen LogP contribution in [0.2, 0.25) is 5.02 Å². The smallest absolute Gasteiger partial charge is 0.293 e. The summed E-state index contributed by atoms with van der Waals surface area (Å²) < 4.78 is 13.2. The Bertz CT molecular complexity index is 1230. The zero-order valence-corrected chi connectivity index (χ0v) is 18.3. The molecule has 0 aliphatic carbocycles. The van der Waals surface area contributed by atoms with E-state index in [2.05, 4.69) is 15.2 Å². The summed E-state index contributed by atoms with van der Waals surface area (Å²) in [6.45, 7) is 3.38. The minimum atomic E-state index is -0.224. The van der Waals surface area contributed by atoms with Crippen LogP contribution in [0.15, 0.2) is 57.9 Å². The van der Waals surface area contributed by atoms with Crippen molar-refractivity contribution in [1.82, 2.24) is 24.8 Å². The van der Waals surface area contributed by atoms with Gasteiger partial charge in [0.05, 0.1) is 12.4 Å². The molecular weight excluding hydrogens is 430 g/mol. The summed E-state index contributed by atoms with van der Waals surface area (Å²) in [6.07, 6.45) is 7.58. The molecule has 5 rings (SSSR count). The number of carbonyl (C=O) groups excluding carboxylic acids is 1. The van der Waals surface area contributed by atoms with Gasteiger partial charge in [-0.3, -0.25) is 9.48 Å². The monoisotopic (exact) mass is 451 g/mol. The zero-order chi connectivity index (χ0) is 22.1. The fourth-order valence-corrected chi connectivity index (χ4v) is 4.08. The molecular formula is C23H22ClN5O3. The summed E-state index contributed by atoms with van der Waals surface area (Å²) in [5.74, 6) is 1.27. The van der Waals surface area contributed by atoms with Gasteiger partial charge in [-0.1, -0.05) is 28.9 Å².